The van der Waals surface area contributed by atoms with Crippen LogP contribution in [0.1, 0.15) is 13.8 Å². The van der Waals surface area contributed by atoms with Gasteiger partial charge in [-0.05, 0) is 0 Å². The fourth-order valence-electron chi connectivity index (χ4n) is 2.10. The van der Waals surface area contributed by atoms with Crippen molar-refractivity contribution in [2.45, 2.75) is 38.3 Å². The molecule has 1 aliphatic heterocycles. The number of esters is 1. The molecule has 0 aliphatic carbocycles. The molecule has 110 valence electrons. The molecule has 0 aromatic rings. The van der Waals surface area contributed by atoms with Gasteiger partial charge >= 0.3 is 5.97 Å². The molecule has 0 radical (unpaired) electrons. The molecule has 1 aliphatic rings. The van der Waals surface area contributed by atoms with Crippen LogP contribution < -0.4 is 0 Å². The number of aliphatic hydroxyl groups excluding tert-OH is 3. The van der Waals surface area contributed by atoms with Crippen molar-refractivity contribution in [3.63, 3.8) is 0 Å². The third-order valence-corrected chi connectivity index (χ3v) is 3.24. The Labute approximate surface area is 111 Å². The number of methoxy groups -OCH3 is 1. The molecule has 1 rings (SSSR count). The molecule has 7 nitrogen and oxygen atoms in total. The normalized spacial score (nSPS) is 32.4. The van der Waals surface area contributed by atoms with Crippen LogP contribution in [0, 0.1) is 11.8 Å². The molecule has 5 atom stereocenters. The fourth-order valence-corrected chi connectivity index (χ4v) is 2.10. The highest BCUT2D eigenvalue weighted by Crippen LogP contribution is 2.29. The maximum absolute atomic E-state index is 12.0. The molecular formula is C12H20O7. The first-order valence-corrected chi connectivity index (χ1v) is 6.09. The Morgan fingerprint density at radius 2 is 1.84 bits per heavy atom. The topological polar surface area (TPSA) is 113 Å². The van der Waals surface area contributed by atoms with E-state index in [4.69, 9.17) is 9.84 Å². The average Bonchev–Trinajstić information content (AvgIpc) is 2.66. The lowest BCUT2D eigenvalue weighted by molar-refractivity contribution is -0.159. The first kappa shape index (κ1) is 16.0. The van der Waals surface area contributed by atoms with Crippen molar-refractivity contribution >= 4 is 11.8 Å². The van der Waals surface area contributed by atoms with Gasteiger partial charge in [-0.3, -0.25) is 9.59 Å². The first-order chi connectivity index (χ1) is 8.84. The van der Waals surface area contributed by atoms with Gasteiger partial charge in [-0.25, -0.2) is 0 Å². The number of carbonyl (C=O) groups excluding carboxylic acids is 2. The van der Waals surface area contributed by atoms with Gasteiger partial charge in [-0.2, -0.15) is 0 Å². The number of Topliss-reactive ketones (excluding diaryl/α,β-unsaturated/α-hetero) is 1. The number of hydrogen-bond donors (Lipinski definition) is 3. The van der Waals surface area contributed by atoms with Gasteiger partial charge < -0.3 is 24.8 Å². The van der Waals surface area contributed by atoms with E-state index in [1.807, 2.05) is 0 Å². The van der Waals surface area contributed by atoms with Crippen LogP contribution in [0.2, 0.25) is 0 Å². The molecule has 0 spiro atoms. The lowest BCUT2D eigenvalue weighted by Gasteiger charge is -2.23. The van der Waals surface area contributed by atoms with Crippen LogP contribution >= 0.6 is 0 Å². The molecule has 1 fully saturated rings. The fraction of sp³-hybridized carbons (Fsp3) is 0.833. The number of ketones is 1. The van der Waals surface area contributed by atoms with Crippen LogP contribution in [0.25, 0.3) is 0 Å². The Balaban J connectivity index is 2.99. The van der Waals surface area contributed by atoms with Crippen LogP contribution in [-0.2, 0) is 19.1 Å². The Morgan fingerprint density at radius 1 is 1.26 bits per heavy atom. The van der Waals surface area contributed by atoms with E-state index in [2.05, 4.69) is 4.74 Å². The van der Waals surface area contributed by atoms with E-state index in [9.17, 15) is 19.8 Å². The van der Waals surface area contributed by atoms with Crippen molar-refractivity contribution < 1.29 is 34.4 Å². The van der Waals surface area contributed by atoms with Gasteiger partial charge in [0.15, 0.2) is 5.78 Å². The molecule has 0 aromatic carbocycles. The largest absolute Gasteiger partial charge is 0.468 e. The van der Waals surface area contributed by atoms with Crippen molar-refractivity contribution in [3.05, 3.63) is 0 Å². The monoisotopic (exact) mass is 276 g/mol. The maximum atomic E-state index is 12.0. The Hall–Kier alpha value is -1.02. The number of aliphatic hydroxyl groups is 3. The van der Waals surface area contributed by atoms with E-state index in [1.165, 1.54) is 0 Å². The second kappa shape index (κ2) is 6.42. The summed E-state index contributed by atoms with van der Waals surface area (Å²) in [5.41, 5.74) is 0. The Bertz CT molecular complexity index is 341. The second-order valence-electron chi connectivity index (χ2n) is 4.86. The van der Waals surface area contributed by atoms with E-state index in [0.717, 1.165) is 7.11 Å². The maximum Gasteiger partial charge on any atom is 0.319 e. The van der Waals surface area contributed by atoms with Crippen molar-refractivity contribution in [1.82, 2.24) is 0 Å². The summed E-state index contributed by atoms with van der Waals surface area (Å²) in [5.74, 6) is -3.04. The van der Waals surface area contributed by atoms with E-state index < -0.39 is 54.6 Å². The molecule has 1 heterocycles. The summed E-state index contributed by atoms with van der Waals surface area (Å²) in [6, 6.07) is 0. The zero-order chi connectivity index (χ0) is 14.7. The summed E-state index contributed by atoms with van der Waals surface area (Å²) in [4.78, 5) is 23.8. The molecule has 19 heavy (non-hydrogen) atoms. The van der Waals surface area contributed by atoms with Gasteiger partial charge in [-0.15, -0.1) is 0 Å². The van der Waals surface area contributed by atoms with E-state index in [0.29, 0.717) is 0 Å². The highest BCUT2D eigenvalue weighted by Gasteiger charge is 2.51. The molecule has 0 aromatic heterocycles. The van der Waals surface area contributed by atoms with E-state index in [1.54, 1.807) is 13.8 Å². The summed E-state index contributed by atoms with van der Waals surface area (Å²) < 4.78 is 9.77. The van der Waals surface area contributed by atoms with Crippen molar-refractivity contribution in [1.29, 1.82) is 0 Å². The van der Waals surface area contributed by atoms with Crippen LogP contribution in [0.3, 0.4) is 0 Å². The molecule has 0 bridgehead atoms. The van der Waals surface area contributed by atoms with Gasteiger partial charge in [0.2, 0.25) is 0 Å². The number of carbonyl (C=O) groups is 2. The van der Waals surface area contributed by atoms with Gasteiger partial charge in [0, 0.05) is 5.92 Å². The number of rotatable bonds is 5. The number of ether oxygens (including phenoxy) is 2. The van der Waals surface area contributed by atoms with Gasteiger partial charge in [-0.1, -0.05) is 13.8 Å². The Kier molecular flexibility index (Phi) is 5.42. The van der Waals surface area contributed by atoms with Crippen LogP contribution in [-0.4, -0.2) is 65.2 Å². The molecule has 3 N–H and O–H groups in total. The smallest absolute Gasteiger partial charge is 0.319 e. The minimum Gasteiger partial charge on any atom is -0.468 e. The molecule has 0 amide bonds. The van der Waals surface area contributed by atoms with Crippen molar-refractivity contribution in [3.8, 4) is 0 Å². The predicted molar refractivity (Wildman–Crippen MR) is 63.1 cm³/mol. The summed E-state index contributed by atoms with van der Waals surface area (Å²) in [6.45, 7) is 2.71. The highest BCUT2D eigenvalue weighted by molar-refractivity contribution is 6.00. The standard InChI is InChI=1S/C12H20O7/c1-5(2)8(14)7(12(17)18-3)11-10(16)9(15)6(4-13)19-11/h5-7,9-11,13,15-16H,4H2,1-3H3/t6-,7+,9-,10-,11-/m1/s1. The lowest BCUT2D eigenvalue weighted by atomic mass is 9.87. The average molecular weight is 276 g/mol. The quantitative estimate of drug-likeness (QED) is 0.413. The van der Waals surface area contributed by atoms with E-state index >= 15 is 0 Å². The lowest BCUT2D eigenvalue weighted by Crippen LogP contribution is -2.44. The minimum absolute atomic E-state index is 0.443. The molecule has 1 saturated heterocycles. The zero-order valence-electron chi connectivity index (χ0n) is 11.1. The van der Waals surface area contributed by atoms with Crippen LogP contribution in [0.4, 0.5) is 0 Å². The molecule has 0 unspecified atom stereocenters. The van der Waals surface area contributed by atoms with Crippen molar-refractivity contribution in [2.24, 2.45) is 11.8 Å². The van der Waals surface area contributed by atoms with Gasteiger partial charge in [0.05, 0.1) is 13.7 Å². The molecular weight excluding hydrogens is 256 g/mol. The first-order valence-electron chi connectivity index (χ1n) is 6.09. The van der Waals surface area contributed by atoms with Gasteiger partial charge in [0.25, 0.3) is 0 Å². The summed E-state index contributed by atoms with van der Waals surface area (Å²) in [7, 11) is 1.13. The predicted octanol–water partition coefficient (Wildman–Crippen LogP) is -1.52. The third-order valence-electron chi connectivity index (χ3n) is 3.24. The van der Waals surface area contributed by atoms with Crippen molar-refractivity contribution in [2.75, 3.05) is 13.7 Å². The molecule has 7 heteroatoms. The zero-order valence-corrected chi connectivity index (χ0v) is 11.1. The van der Waals surface area contributed by atoms with Crippen LogP contribution in [0.5, 0.6) is 0 Å². The molecule has 0 saturated carbocycles. The Morgan fingerprint density at radius 3 is 2.21 bits per heavy atom. The SMILES string of the molecule is COC(=O)[C@@H](C(=O)C(C)C)[C@H]1O[C@H](CO)[C@@H](O)[C@H]1O. The summed E-state index contributed by atoms with van der Waals surface area (Å²) >= 11 is 0. The summed E-state index contributed by atoms with van der Waals surface area (Å²) in [5, 5.41) is 28.5. The minimum atomic E-state index is -1.43. The van der Waals surface area contributed by atoms with E-state index in [-0.39, 0.29) is 0 Å². The van der Waals surface area contributed by atoms with Gasteiger partial charge in [0.1, 0.15) is 30.3 Å². The second-order valence-corrected chi connectivity index (χ2v) is 4.86. The summed E-state index contributed by atoms with van der Waals surface area (Å²) in [6.07, 6.45) is -5.01. The highest BCUT2D eigenvalue weighted by atomic mass is 16.6. The third kappa shape index (κ3) is 3.11. The van der Waals surface area contributed by atoms with Crippen LogP contribution in [0.15, 0.2) is 0 Å². The number of hydrogen-bond acceptors (Lipinski definition) is 7.